The molecule has 0 amide bonds. The van der Waals surface area contributed by atoms with Gasteiger partial charge in [0.1, 0.15) is 6.33 Å². The van der Waals surface area contributed by atoms with Crippen LogP contribution in [0.3, 0.4) is 0 Å². The van der Waals surface area contributed by atoms with Crippen LogP contribution in [-0.4, -0.2) is 14.5 Å². The van der Waals surface area contributed by atoms with Gasteiger partial charge in [-0.3, -0.25) is 4.57 Å². The second kappa shape index (κ2) is 2.65. The molecule has 60 valence electrons. The van der Waals surface area contributed by atoms with Crippen molar-refractivity contribution in [3.63, 3.8) is 0 Å². The van der Waals surface area contributed by atoms with E-state index in [1.807, 2.05) is 6.07 Å². The van der Waals surface area contributed by atoms with Gasteiger partial charge in [-0.1, -0.05) is 0 Å². The first-order chi connectivity index (χ1) is 5.88. The Morgan fingerprint density at radius 3 is 2.92 bits per heavy atom. The molecule has 2 heterocycles. The van der Waals surface area contributed by atoms with Crippen LogP contribution in [0.25, 0.3) is 5.82 Å². The number of imidazole rings is 1. The first kappa shape index (κ1) is 6.84. The van der Waals surface area contributed by atoms with Crippen LogP contribution in [0.5, 0.6) is 0 Å². The van der Waals surface area contributed by atoms with Crippen molar-refractivity contribution >= 4 is 5.69 Å². The van der Waals surface area contributed by atoms with Gasteiger partial charge in [-0.2, -0.15) is 0 Å². The fourth-order valence-electron chi connectivity index (χ4n) is 1.01. The van der Waals surface area contributed by atoms with Crippen LogP contribution in [0.2, 0.25) is 0 Å². The zero-order valence-corrected chi connectivity index (χ0v) is 6.38. The molecule has 2 aromatic rings. The summed E-state index contributed by atoms with van der Waals surface area (Å²) in [4.78, 5) is 8.03. The van der Waals surface area contributed by atoms with Gasteiger partial charge in [0.25, 0.3) is 0 Å². The van der Waals surface area contributed by atoms with E-state index in [0.717, 1.165) is 5.82 Å². The lowest BCUT2D eigenvalue weighted by Crippen LogP contribution is -1.99. The summed E-state index contributed by atoms with van der Waals surface area (Å²) in [6, 6.07) is 3.61. The lowest BCUT2D eigenvalue weighted by molar-refractivity contribution is 0.997. The molecule has 12 heavy (non-hydrogen) atoms. The number of anilines is 1. The quantitative estimate of drug-likeness (QED) is 0.672. The molecule has 2 rings (SSSR count). The maximum atomic E-state index is 5.70. The molecule has 0 bridgehead atoms. The minimum atomic E-state index is 0.649. The first-order valence-electron chi connectivity index (χ1n) is 3.57. The van der Waals surface area contributed by atoms with Gasteiger partial charge in [0, 0.05) is 18.6 Å². The van der Waals surface area contributed by atoms with Crippen molar-refractivity contribution in [2.45, 2.75) is 0 Å². The van der Waals surface area contributed by atoms with Gasteiger partial charge in [-0.05, 0) is 12.1 Å². The first-order valence-corrected chi connectivity index (χ1v) is 3.57. The highest BCUT2D eigenvalue weighted by molar-refractivity contribution is 5.52. The number of nitrogens with two attached hydrogens (primary N) is 1. The Morgan fingerprint density at radius 2 is 2.25 bits per heavy atom. The number of nitrogens with zero attached hydrogens (tertiary/aromatic N) is 3. The summed E-state index contributed by atoms with van der Waals surface area (Å²) in [5.41, 5.74) is 6.35. The van der Waals surface area contributed by atoms with Gasteiger partial charge in [0.2, 0.25) is 0 Å². The maximum absolute atomic E-state index is 5.70. The maximum Gasteiger partial charge on any atom is 0.161 e. The molecular formula is C8H8N4. The average molecular weight is 160 g/mol. The lowest BCUT2D eigenvalue weighted by atomic mass is 10.4. The standard InChI is InChI=1S/C8H8N4/c9-7-2-1-3-11-8(7)12-5-4-10-6-12/h1-6H,9H2. The summed E-state index contributed by atoms with van der Waals surface area (Å²) in [5.74, 6) is 0.718. The SMILES string of the molecule is Nc1cccnc1-n1ccnc1. The number of pyridine rings is 1. The van der Waals surface area contributed by atoms with E-state index < -0.39 is 0 Å². The van der Waals surface area contributed by atoms with Crippen molar-refractivity contribution in [1.29, 1.82) is 0 Å². The Kier molecular flexibility index (Phi) is 1.51. The fourth-order valence-corrected chi connectivity index (χ4v) is 1.01. The van der Waals surface area contributed by atoms with Crippen LogP contribution in [0.4, 0.5) is 5.69 Å². The van der Waals surface area contributed by atoms with Crippen LogP contribution in [-0.2, 0) is 0 Å². The minimum Gasteiger partial charge on any atom is -0.396 e. The predicted molar refractivity (Wildman–Crippen MR) is 45.8 cm³/mol. The molecule has 4 heteroatoms. The Labute approximate surface area is 69.7 Å². The van der Waals surface area contributed by atoms with E-state index in [9.17, 15) is 0 Å². The highest BCUT2D eigenvalue weighted by Gasteiger charge is 1.99. The van der Waals surface area contributed by atoms with Gasteiger partial charge < -0.3 is 5.73 Å². The minimum absolute atomic E-state index is 0.649. The molecule has 0 saturated carbocycles. The second-order valence-electron chi connectivity index (χ2n) is 2.39. The molecule has 0 atom stereocenters. The van der Waals surface area contributed by atoms with Crippen LogP contribution in [0.1, 0.15) is 0 Å². The van der Waals surface area contributed by atoms with Crippen molar-refractivity contribution in [3.05, 3.63) is 37.1 Å². The summed E-state index contributed by atoms with van der Waals surface area (Å²) in [5, 5.41) is 0. The topological polar surface area (TPSA) is 56.7 Å². The van der Waals surface area contributed by atoms with Crippen molar-refractivity contribution in [1.82, 2.24) is 14.5 Å². The number of nitrogen functional groups attached to an aromatic ring is 1. The van der Waals surface area contributed by atoms with E-state index >= 15 is 0 Å². The monoisotopic (exact) mass is 160 g/mol. The Bertz CT molecular complexity index is 366. The van der Waals surface area contributed by atoms with E-state index in [1.54, 1.807) is 35.6 Å². The van der Waals surface area contributed by atoms with Gasteiger partial charge in [0.05, 0.1) is 5.69 Å². The van der Waals surface area contributed by atoms with E-state index in [1.165, 1.54) is 0 Å². The van der Waals surface area contributed by atoms with E-state index in [-0.39, 0.29) is 0 Å². The zero-order chi connectivity index (χ0) is 8.39. The van der Waals surface area contributed by atoms with Crippen LogP contribution >= 0.6 is 0 Å². The average Bonchev–Trinajstić information content (AvgIpc) is 2.57. The van der Waals surface area contributed by atoms with Crippen molar-refractivity contribution < 1.29 is 0 Å². The summed E-state index contributed by atoms with van der Waals surface area (Å²) in [7, 11) is 0. The zero-order valence-electron chi connectivity index (χ0n) is 6.38. The smallest absolute Gasteiger partial charge is 0.161 e. The molecule has 2 N–H and O–H groups in total. The van der Waals surface area contributed by atoms with Crippen molar-refractivity contribution in [3.8, 4) is 5.82 Å². The molecule has 0 fully saturated rings. The van der Waals surface area contributed by atoms with E-state index in [4.69, 9.17) is 5.73 Å². The predicted octanol–water partition coefficient (Wildman–Crippen LogP) is 0.849. The molecule has 0 aliphatic carbocycles. The van der Waals surface area contributed by atoms with Gasteiger partial charge >= 0.3 is 0 Å². The van der Waals surface area contributed by atoms with Gasteiger partial charge in [-0.25, -0.2) is 9.97 Å². The molecule has 0 aliphatic heterocycles. The Balaban J connectivity index is 2.55. The van der Waals surface area contributed by atoms with E-state index in [0.29, 0.717) is 5.69 Å². The molecule has 2 aromatic heterocycles. The molecular weight excluding hydrogens is 152 g/mol. The Morgan fingerprint density at radius 1 is 1.33 bits per heavy atom. The number of aromatic nitrogens is 3. The highest BCUT2D eigenvalue weighted by atomic mass is 15.1. The molecule has 0 aromatic carbocycles. The largest absolute Gasteiger partial charge is 0.396 e. The molecule has 4 nitrogen and oxygen atoms in total. The van der Waals surface area contributed by atoms with E-state index in [2.05, 4.69) is 9.97 Å². The highest BCUT2D eigenvalue weighted by Crippen LogP contribution is 2.11. The third-order valence-corrected chi connectivity index (χ3v) is 1.57. The summed E-state index contributed by atoms with van der Waals surface area (Å²) in [6.45, 7) is 0. The third-order valence-electron chi connectivity index (χ3n) is 1.57. The molecule has 0 radical (unpaired) electrons. The van der Waals surface area contributed by atoms with Crippen LogP contribution in [0, 0.1) is 0 Å². The van der Waals surface area contributed by atoms with Gasteiger partial charge in [0.15, 0.2) is 5.82 Å². The number of hydrogen-bond acceptors (Lipinski definition) is 3. The van der Waals surface area contributed by atoms with Crippen LogP contribution in [0.15, 0.2) is 37.1 Å². The molecule has 0 unspecified atom stereocenters. The second-order valence-corrected chi connectivity index (χ2v) is 2.39. The fraction of sp³-hybridized carbons (Fsp3) is 0. The summed E-state index contributed by atoms with van der Waals surface area (Å²) in [6.07, 6.45) is 6.86. The number of hydrogen-bond donors (Lipinski definition) is 1. The Hall–Kier alpha value is -1.84. The lowest BCUT2D eigenvalue weighted by Gasteiger charge is -2.02. The van der Waals surface area contributed by atoms with Crippen LogP contribution < -0.4 is 5.73 Å². The third kappa shape index (κ3) is 1.03. The molecule has 0 saturated heterocycles. The van der Waals surface area contributed by atoms with Crippen molar-refractivity contribution in [2.24, 2.45) is 0 Å². The van der Waals surface area contributed by atoms with Crippen molar-refractivity contribution in [2.75, 3.05) is 5.73 Å². The van der Waals surface area contributed by atoms with Gasteiger partial charge in [-0.15, -0.1) is 0 Å². The molecule has 0 aliphatic rings. The normalized spacial score (nSPS) is 10.0. The summed E-state index contributed by atoms with van der Waals surface area (Å²) >= 11 is 0. The summed E-state index contributed by atoms with van der Waals surface area (Å²) < 4.78 is 1.77. The molecule has 0 spiro atoms. The number of rotatable bonds is 1.